The summed E-state index contributed by atoms with van der Waals surface area (Å²) in [5, 5.41) is 8.33. The highest BCUT2D eigenvalue weighted by Crippen LogP contribution is 2.15. The molecule has 1 atom stereocenters. The molecule has 51 heavy (non-hydrogen) atoms. The summed E-state index contributed by atoms with van der Waals surface area (Å²) in [6, 6.07) is 0. The van der Waals surface area contributed by atoms with E-state index in [1.165, 1.54) is 167 Å². The van der Waals surface area contributed by atoms with Crippen LogP contribution in [0.5, 0.6) is 0 Å². The number of thiol groups is 1. The van der Waals surface area contributed by atoms with E-state index in [1.54, 1.807) is 0 Å². The minimum atomic E-state index is -0.772. The van der Waals surface area contributed by atoms with Gasteiger partial charge in [-0.3, -0.25) is 4.79 Å². The van der Waals surface area contributed by atoms with Crippen molar-refractivity contribution in [3.63, 3.8) is 0 Å². The predicted octanol–water partition coefficient (Wildman–Crippen LogP) is 12.0. The molecule has 0 aliphatic rings. The average Bonchev–Trinajstić information content (AvgIpc) is 3.12. The first kappa shape index (κ1) is 49.4. The normalized spacial score (nSPS) is 11.7. The van der Waals surface area contributed by atoms with Crippen LogP contribution in [0.3, 0.4) is 0 Å². The van der Waals surface area contributed by atoms with Gasteiger partial charge in [0, 0.05) is 19.5 Å². The Morgan fingerprint density at radius 3 is 1.16 bits per heavy atom. The second kappa shape index (κ2) is 41.1. The van der Waals surface area contributed by atoms with Gasteiger partial charge in [-0.1, -0.05) is 194 Å². The molecule has 9 heteroatoms. The SMILES string of the molecule is CCCCCCCCCCCCCCCCCNC(=O)OCC(CNC(=O)CCS)OC(=O)NCCCCCCCCCCCCCCCCC. The lowest BCUT2D eigenvalue weighted by molar-refractivity contribution is -0.121. The molecule has 3 N–H and O–H groups in total. The first-order valence-electron chi connectivity index (χ1n) is 21.8. The fourth-order valence-electron chi connectivity index (χ4n) is 6.34. The van der Waals surface area contributed by atoms with Gasteiger partial charge in [0.05, 0.1) is 6.54 Å². The van der Waals surface area contributed by atoms with Crippen LogP contribution in [0.1, 0.15) is 213 Å². The van der Waals surface area contributed by atoms with Gasteiger partial charge in [-0.25, -0.2) is 9.59 Å². The second-order valence-electron chi connectivity index (χ2n) is 14.7. The maximum absolute atomic E-state index is 12.4. The number of hydrogen-bond donors (Lipinski definition) is 4. The summed E-state index contributed by atoms with van der Waals surface area (Å²) in [6.07, 6.45) is 37.3. The van der Waals surface area contributed by atoms with Crippen molar-refractivity contribution >= 4 is 30.7 Å². The fourth-order valence-corrected chi connectivity index (χ4v) is 6.54. The van der Waals surface area contributed by atoms with E-state index < -0.39 is 18.3 Å². The van der Waals surface area contributed by atoms with Gasteiger partial charge in [0.1, 0.15) is 6.61 Å². The van der Waals surface area contributed by atoms with Gasteiger partial charge >= 0.3 is 12.2 Å². The van der Waals surface area contributed by atoms with Gasteiger partial charge in [0.25, 0.3) is 0 Å². The summed E-state index contributed by atoms with van der Waals surface area (Å²) in [6.45, 7) is 5.58. The van der Waals surface area contributed by atoms with Gasteiger partial charge in [-0.2, -0.15) is 12.6 Å². The quantitative estimate of drug-likeness (QED) is 0.0371. The minimum Gasteiger partial charge on any atom is -0.446 e. The molecular formula is C42H83N3O5S. The lowest BCUT2D eigenvalue weighted by atomic mass is 10.0. The molecule has 0 aliphatic heterocycles. The Morgan fingerprint density at radius 2 is 0.804 bits per heavy atom. The molecule has 0 aliphatic carbocycles. The van der Waals surface area contributed by atoms with Crippen molar-refractivity contribution in [3.05, 3.63) is 0 Å². The maximum Gasteiger partial charge on any atom is 0.407 e. The van der Waals surface area contributed by atoms with Crippen LogP contribution in [-0.4, -0.2) is 56.2 Å². The summed E-state index contributed by atoms with van der Waals surface area (Å²) in [7, 11) is 0. The molecule has 0 spiro atoms. The van der Waals surface area contributed by atoms with Crippen molar-refractivity contribution in [3.8, 4) is 0 Å². The molecule has 0 saturated heterocycles. The van der Waals surface area contributed by atoms with Crippen LogP contribution < -0.4 is 16.0 Å². The van der Waals surface area contributed by atoms with Crippen LogP contribution in [0.25, 0.3) is 0 Å². The van der Waals surface area contributed by atoms with E-state index in [0.717, 1.165) is 25.7 Å². The lowest BCUT2D eigenvalue weighted by Crippen LogP contribution is -2.41. The Hall–Kier alpha value is -1.64. The molecule has 0 radical (unpaired) electrons. The second-order valence-corrected chi connectivity index (χ2v) is 15.1. The number of alkyl carbamates (subject to hydrolysis) is 2. The third-order valence-electron chi connectivity index (χ3n) is 9.64. The van der Waals surface area contributed by atoms with Crippen LogP contribution >= 0.6 is 12.6 Å². The number of nitrogens with one attached hydrogen (secondary N) is 3. The predicted molar refractivity (Wildman–Crippen MR) is 219 cm³/mol. The lowest BCUT2D eigenvalue weighted by Gasteiger charge is -2.19. The molecule has 0 saturated carbocycles. The third kappa shape index (κ3) is 39.4. The first-order chi connectivity index (χ1) is 25.0. The number of rotatable bonds is 39. The van der Waals surface area contributed by atoms with Crippen molar-refractivity contribution in [1.82, 2.24) is 16.0 Å². The van der Waals surface area contributed by atoms with E-state index in [-0.39, 0.29) is 25.5 Å². The maximum atomic E-state index is 12.4. The molecule has 0 aromatic rings. The van der Waals surface area contributed by atoms with Gasteiger partial charge < -0.3 is 25.4 Å². The van der Waals surface area contributed by atoms with E-state index in [1.807, 2.05) is 0 Å². The van der Waals surface area contributed by atoms with Gasteiger partial charge in [0.2, 0.25) is 5.91 Å². The van der Waals surface area contributed by atoms with E-state index >= 15 is 0 Å². The Morgan fingerprint density at radius 1 is 0.471 bits per heavy atom. The Labute approximate surface area is 320 Å². The van der Waals surface area contributed by atoms with Crippen molar-refractivity contribution < 1.29 is 23.9 Å². The van der Waals surface area contributed by atoms with E-state index in [2.05, 4.69) is 42.4 Å². The fraction of sp³-hybridized carbons (Fsp3) is 0.929. The van der Waals surface area contributed by atoms with E-state index in [4.69, 9.17) is 9.47 Å². The van der Waals surface area contributed by atoms with E-state index in [9.17, 15) is 14.4 Å². The van der Waals surface area contributed by atoms with Gasteiger partial charge in [-0.05, 0) is 18.6 Å². The summed E-state index contributed by atoms with van der Waals surface area (Å²) >= 11 is 4.09. The molecule has 0 heterocycles. The highest BCUT2D eigenvalue weighted by molar-refractivity contribution is 7.80. The van der Waals surface area contributed by atoms with Crippen molar-refractivity contribution in [1.29, 1.82) is 0 Å². The molecule has 0 aromatic heterocycles. The molecular weight excluding hydrogens is 659 g/mol. The van der Waals surface area contributed by atoms with Crippen LogP contribution in [0.4, 0.5) is 9.59 Å². The van der Waals surface area contributed by atoms with Crippen molar-refractivity contribution in [2.24, 2.45) is 0 Å². The molecule has 0 fully saturated rings. The number of carbonyl (C=O) groups is 3. The minimum absolute atomic E-state index is 0.0747. The zero-order valence-corrected chi connectivity index (χ0v) is 34.4. The summed E-state index contributed by atoms with van der Waals surface area (Å²) < 4.78 is 10.8. The monoisotopic (exact) mass is 742 g/mol. The molecule has 302 valence electrons. The summed E-state index contributed by atoms with van der Waals surface area (Å²) in [5.41, 5.74) is 0. The molecule has 1 unspecified atom stereocenters. The Balaban J connectivity index is 3.91. The van der Waals surface area contributed by atoms with Gasteiger partial charge in [-0.15, -0.1) is 0 Å². The molecule has 0 rings (SSSR count). The van der Waals surface area contributed by atoms with Crippen LogP contribution in [-0.2, 0) is 14.3 Å². The summed E-state index contributed by atoms with van der Waals surface area (Å²) in [4.78, 5) is 36.7. The zero-order valence-electron chi connectivity index (χ0n) is 33.5. The van der Waals surface area contributed by atoms with Crippen LogP contribution in [0.2, 0.25) is 0 Å². The summed E-state index contributed by atoms with van der Waals surface area (Å²) in [5.74, 6) is 0.240. The topological polar surface area (TPSA) is 106 Å². The third-order valence-corrected chi connectivity index (χ3v) is 9.86. The average molecular weight is 742 g/mol. The zero-order chi connectivity index (χ0) is 37.3. The van der Waals surface area contributed by atoms with Crippen LogP contribution in [0, 0.1) is 0 Å². The largest absolute Gasteiger partial charge is 0.446 e. The van der Waals surface area contributed by atoms with E-state index in [0.29, 0.717) is 18.8 Å². The molecule has 3 amide bonds. The highest BCUT2D eigenvalue weighted by atomic mass is 32.1. The Kier molecular flexibility index (Phi) is 39.8. The number of ether oxygens (including phenoxy) is 2. The molecule has 0 bridgehead atoms. The highest BCUT2D eigenvalue weighted by Gasteiger charge is 2.18. The van der Waals surface area contributed by atoms with Gasteiger partial charge in [0.15, 0.2) is 6.10 Å². The Bertz CT molecular complexity index is 773. The number of hydrogen-bond acceptors (Lipinski definition) is 6. The number of amides is 3. The van der Waals surface area contributed by atoms with Crippen molar-refractivity contribution in [2.45, 2.75) is 219 Å². The molecule has 0 aromatic carbocycles. The number of carbonyl (C=O) groups excluding carboxylic acids is 3. The molecule has 8 nitrogen and oxygen atoms in total. The first-order valence-corrected chi connectivity index (χ1v) is 22.4. The standard InChI is InChI=1S/C42H83N3O5S/c1-3-5-7-9-11-13-15-17-19-21-23-25-27-29-31-34-43-41(47)49-38-39(37-45-40(46)33-36-51)50-42(48)44-35-32-30-28-26-24-22-20-18-16-14-12-10-8-6-4-2/h39,51H,3-38H2,1-2H3,(H,43,47)(H,44,48)(H,45,46). The van der Waals surface area contributed by atoms with Crippen LogP contribution in [0.15, 0.2) is 0 Å². The van der Waals surface area contributed by atoms with Crippen molar-refractivity contribution in [2.75, 3.05) is 32.0 Å². The number of unbranched alkanes of at least 4 members (excludes halogenated alkanes) is 28. The smallest absolute Gasteiger partial charge is 0.407 e.